The van der Waals surface area contributed by atoms with Crippen molar-refractivity contribution in [2.24, 2.45) is 0 Å². The molecule has 21 heavy (non-hydrogen) atoms. The van der Waals surface area contributed by atoms with Crippen molar-refractivity contribution in [2.75, 3.05) is 5.32 Å². The van der Waals surface area contributed by atoms with E-state index in [0.29, 0.717) is 10.0 Å². The second-order valence-corrected chi connectivity index (χ2v) is 6.51. The summed E-state index contributed by atoms with van der Waals surface area (Å²) in [6.45, 7) is 3.44. The Kier molecular flexibility index (Phi) is 4.43. The van der Waals surface area contributed by atoms with Gasteiger partial charge in [0, 0.05) is 9.35 Å². The molecule has 0 saturated heterocycles. The van der Waals surface area contributed by atoms with Gasteiger partial charge in [-0.2, -0.15) is 0 Å². The number of benzene rings is 1. The van der Waals surface area contributed by atoms with Crippen LogP contribution in [0.25, 0.3) is 0 Å². The summed E-state index contributed by atoms with van der Waals surface area (Å²) in [5.74, 6) is -2.48. The smallest absolute Gasteiger partial charge is 0.338 e. The molecular formula is C14H11BrFNO3S. The Hall–Kier alpha value is -1.73. The molecule has 0 spiro atoms. The molecule has 1 aromatic carbocycles. The summed E-state index contributed by atoms with van der Waals surface area (Å²) in [5, 5.41) is 11.9. The fraction of sp³-hybridized carbons (Fsp3) is 0.143. The molecule has 0 bridgehead atoms. The molecule has 0 atom stereocenters. The average Bonchev–Trinajstić information content (AvgIpc) is 2.67. The minimum Gasteiger partial charge on any atom is -0.478 e. The normalized spacial score (nSPS) is 10.5. The van der Waals surface area contributed by atoms with Gasteiger partial charge in [-0.3, -0.25) is 4.79 Å². The van der Waals surface area contributed by atoms with Crippen LogP contribution < -0.4 is 5.32 Å². The molecule has 2 aromatic rings. The SMILES string of the molecule is Cc1sc(NC(=O)c2cc(Br)ccc2F)c(C(=O)O)c1C. The van der Waals surface area contributed by atoms with Crippen molar-refractivity contribution < 1.29 is 19.1 Å². The first kappa shape index (κ1) is 15.7. The van der Waals surface area contributed by atoms with Crippen LogP contribution in [-0.2, 0) is 0 Å². The Bertz CT molecular complexity index is 742. The Morgan fingerprint density at radius 3 is 2.62 bits per heavy atom. The predicted molar refractivity (Wildman–Crippen MR) is 82.8 cm³/mol. The number of rotatable bonds is 3. The third-order valence-electron chi connectivity index (χ3n) is 3.00. The molecule has 0 unspecified atom stereocenters. The monoisotopic (exact) mass is 371 g/mol. The second-order valence-electron chi connectivity index (χ2n) is 4.37. The molecule has 2 N–H and O–H groups in total. The molecule has 0 radical (unpaired) electrons. The summed E-state index contributed by atoms with van der Waals surface area (Å²) in [4.78, 5) is 24.2. The summed E-state index contributed by atoms with van der Waals surface area (Å²) in [6.07, 6.45) is 0. The van der Waals surface area contributed by atoms with Crippen molar-refractivity contribution in [3.8, 4) is 0 Å². The number of amides is 1. The molecule has 0 aliphatic rings. The van der Waals surface area contributed by atoms with Crippen LogP contribution in [0.15, 0.2) is 22.7 Å². The van der Waals surface area contributed by atoms with E-state index in [2.05, 4.69) is 21.2 Å². The second kappa shape index (κ2) is 5.95. The number of carboxylic acids is 1. The lowest BCUT2D eigenvalue weighted by molar-refractivity contribution is 0.0697. The minimum absolute atomic E-state index is 0.0428. The first-order chi connectivity index (χ1) is 9.81. The van der Waals surface area contributed by atoms with Crippen LogP contribution in [0.2, 0.25) is 0 Å². The number of carbonyl (C=O) groups is 2. The Morgan fingerprint density at radius 1 is 1.33 bits per heavy atom. The maximum Gasteiger partial charge on any atom is 0.338 e. The molecule has 0 saturated carbocycles. The van der Waals surface area contributed by atoms with Crippen LogP contribution in [0.1, 0.15) is 31.2 Å². The van der Waals surface area contributed by atoms with Crippen molar-refractivity contribution in [2.45, 2.75) is 13.8 Å². The maximum absolute atomic E-state index is 13.7. The number of carbonyl (C=O) groups excluding carboxylic acids is 1. The van der Waals surface area contributed by atoms with Gasteiger partial charge in [-0.1, -0.05) is 15.9 Å². The maximum atomic E-state index is 13.7. The fourth-order valence-corrected chi connectivity index (χ4v) is 3.22. The van der Waals surface area contributed by atoms with E-state index in [1.54, 1.807) is 13.8 Å². The van der Waals surface area contributed by atoms with Crippen LogP contribution in [0.3, 0.4) is 0 Å². The zero-order valence-corrected chi connectivity index (χ0v) is 13.6. The number of anilines is 1. The van der Waals surface area contributed by atoms with Gasteiger partial charge in [0.1, 0.15) is 10.8 Å². The van der Waals surface area contributed by atoms with Gasteiger partial charge in [0.05, 0.1) is 11.1 Å². The lowest BCUT2D eigenvalue weighted by Crippen LogP contribution is -2.15. The van der Waals surface area contributed by atoms with Crippen LogP contribution in [0.5, 0.6) is 0 Å². The van der Waals surface area contributed by atoms with Gasteiger partial charge in [0.25, 0.3) is 5.91 Å². The molecule has 1 aromatic heterocycles. The van der Waals surface area contributed by atoms with E-state index in [4.69, 9.17) is 0 Å². The van der Waals surface area contributed by atoms with Gasteiger partial charge < -0.3 is 10.4 Å². The number of hydrogen-bond donors (Lipinski definition) is 2. The van der Waals surface area contributed by atoms with Crippen LogP contribution in [0.4, 0.5) is 9.39 Å². The van der Waals surface area contributed by atoms with Crippen molar-refractivity contribution >= 4 is 44.1 Å². The van der Waals surface area contributed by atoms with E-state index in [1.165, 1.54) is 18.2 Å². The fourth-order valence-electron chi connectivity index (χ4n) is 1.81. The first-order valence-corrected chi connectivity index (χ1v) is 7.52. The Labute approximate surface area is 132 Å². The van der Waals surface area contributed by atoms with E-state index in [9.17, 15) is 19.1 Å². The summed E-state index contributed by atoms with van der Waals surface area (Å²) in [7, 11) is 0. The summed E-state index contributed by atoms with van der Waals surface area (Å²) >= 11 is 4.32. The highest BCUT2D eigenvalue weighted by Crippen LogP contribution is 2.33. The van der Waals surface area contributed by atoms with Crippen molar-refractivity contribution in [1.29, 1.82) is 0 Å². The molecule has 110 valence electrons. The third-order valence-corrected chi connectivity index (χ3v) is 4.62. The molecule has 1 heterocycles. The number of halogens is 2. The van der Waals surface area contributed by atoms with Gasteiger partial charge in [0.15, 0.2) is 0 Å². The number of nitrogens with one attached hydrogen (secondary N) is 1. The number of hydrogen-bond acceptors (Lipinski definition) is 3. The minimum atomic E-state index is -1.12. The topological polar surface area (TPSA) is 66.4 Å². The van der Waals surface area contributed by atoms with E-state index >= 15 is 0 Å². The highest BCUT2D eigenvalue weighted by molar-refractivity contribution is 9.10. The predicted octanol–water partition coefficient (Wildman–Crippen LogP) is 4.22. The molecule has 0 aliphatic heterocycles. The van der Waals surface area contributed by atoms with Gasteiger partial charge in [0.2, 0.25) is 0 Å². The highest BCUT2D eigenvalue weighted by atomic mass is 79.9. The van der Waals surface area contributed by atoms with E-state index in [1.807, 2.05) is 0 Å². The van der Waals surface area contributed by atoms with Gasteiger partial charge in [-0.15, -0.1) is 11.3 Å². The first-order valence-electron chi connectivity index (χ1n) is 5.91. The van der Waals surface area contributed by atoms with Gasteiger partial charge in [-0.05, 0) is 37.6 Å². The molecule has 7 heteroatoms. The summed E-state index contributed by atoms with van der Waals surface area (Å²) in [5.41, 5.74) is 0.489. The molecule has 0 aliphatic carbocycles. The van der Waals surface area contributed by atoms with E-state index in [-0.39, 0.29) is 16.1 Å². The molecule has 4 nitrogen and oxygen atoms in total. The largest absolute Gasteiger partial charge is 0.478 e. The molecule has 2 rings (SSSR count). The number of aryl methyl sites for hydroxylation is 1. The summed E-state index contributed by atoms with van der Waals surface area (Å²) < 4.78 is 14.2. The highest BCUT2D eigenvalue weighted by Gasteiger charge is 2.21. The molecule has 0 fully saturated rings. The van der Waals surface area contributed by atoms with Crippen LogP contribution >= 0.6 is 27.3 Å². The van der Waals surface area contributed by atoms with Crippen molar-refractivity contribution in [3.63, 3.8) is 0 Å². The number of carboxylic acid groups (broad SMARTS) is 1. The van der Waals surface area contributed by atoms with Crippen molar-refractivity contribution in [1.82, 2.24) is 0 Å². The molecule has 1 amide bonds. The van der Waals surface area contributed by atoms with Crippen LogP contribution in [-0.4, -0.2) is 17.0 Å². The van der Waals surface area contributed by atoms with Gasteiger partial charge >= 0.3 is 5.97 Å². The summed E-state index contributed by atoms with van der Waals surface area (Å²) in [6, 6.07) is 3.99. The van der Waals surface area contributed by atoms with Gasteiger partial charge in [-0.25, -0.2) is 9.18 Å². The quantitative estimate of drug-likeness (QED) is 0.848. The third kappa shape index (κ3) is 3.14. The van der Waals surface area contributed by atoms with Crippen LogP contribution in [0, 0.1) is 19.7 Å². The number of thiophene rings is 1. The van der Waals surface area contributed by atoms with E-state index < -0.39 is 17.7 Å². The number of aromatic carboxylic acids is 1. The lowest BCUT2D eigenvalue weighted by Gasteiger charge is -2.06. The lowest BCUT2D eigenvalue weighted by atomic mass is 10.1. The van der Waals surface area contributed by atoms with E-state index in [0.717, 1.165) is 16.2 Å². The molecular weight excluding hydrogens is 361 g/mol. The zero-order valence-electron chi connectivity index (χ0n) is 11.2. The zero-order chi connectivity index (χ0) is 15.7. The standard InChI is InChI=1S/C14H11BrFNO3S/c1-6-7(2)21-13(11(6)14(19)20)17-12(18)9-5-8(15)3-4-10(9)16/h3-5H,1-2H3,(H,17,18)(H,19,20). The average molecular weight is 372 g/mol. The van der Waals surface area contributed by atoms with Crippen molar-refractivity contribution in [3.05, 3.63) is 50.1 Å². The Balaban J connectivity index is 2.38. The Morgan fingerprint density at radius 2 is 2.00 bits per heavy atom.